The van der Waals surface area contributed by atoms with Crippen molar-refractivity contribution in [2.75, 3.05) is 45.4 Å². The Morgan fingerprint density at radius 1 is 0.893 bits per heavy atom. The van der Waals surface area contributed by atoms with Crippen molar-refractivity contribution in [1.82, 2.24) is 5.32 Å². The Morgan fingerprint density at radius 2 is 1.57 bits per heavy atom. The number of esters is 2. The van der Waals surface area contributed by atoms with Gasteiger partial charge in [-0.25, -0.2) is 9.59 Å². The molecule has 0 saturated carbocycles. The van der Waals surface area contributed by atoms with Gasteiger partial charge in [0.25, 0.3) is 5.91 Å². The lowest BCUT2D eigenvalue weighted by molar-refractivity contribution is -0.154. The van der Waals surface area contributed by atoms with Gasteiger partial charge in [0, 0.05) is 28.3 Å². The topological polar surface area (TPSA) is 187 Å². The van der Waals surface area contributed by atoms with Crippen molar-refractivity contribution in [2.45, 2.75) is 64.3 Å². The van der Waals surface area contributed by atoms with E-state index in [0.717, 1.165) is 32.4 Å². The van der Waals surface area contributed by atoms with Crippen LogP contribution >= 0.6 is 11.6 Å². The van der Waals surface area contributed by atoms with Gasteiger partial charge in [-0.3, -0.25) is 19.3 Å². The highest BCUT2D eigenvalue weighted by atomic mass is 35.5. The minimum absolute atomic E-state index is 0.380. The number of fused-ring (bicyclic) bond motifs is 1. The molecule has 1 heterocycles. The molecule has 0 radical (unpaired) electrons. The van der Waals surface area contributed by atoms with Gasteiger partial charge in [0.15, 0.2) is 11.5 Å². The van der Waals surface area contributed by atoms with E-state index in [2.05, 4.69) is 29.6 Å². The SMILES string of the molecule is COC(=O)CC1OC(c2cccc(OCCCNCCCc3ccccc3)c2OC)c2cc(Cl)ccc2N(CC(=O)OC(C)(C)C)C1=O.O=C(O)C=CC(=O)O. The van der Waals surface area contributed by atoms with E-state index in [4.69, 9.17) is 45.5 Å². The molecule has 3 aromatic carbocycles. The van der Waals surface area contributed by atoms with Crippen LogP contribution in [0.3, 0.4) is 0 Å². The van der Waals surface area contributed by atoms with Crippen molar-refractivity contribution in [3.8, 4) is 11.5 Å². The zero-order valence-corrected chi connectivity index (χ0v) is 32.9. The Balaban J connectivity index is 0.000000946. The molecule has 2 unspecified atom stereocenters. The van der Waals surface area contributed by atoms with Crippen LogP contribution in [-0.2, 0) is 44.6 Å². The summed E-state index contributed by atoms with van der Waals surface area (Å²) in [6.45, 7) is 6.96. The molecule has 56 heavy (non-hydrogen) atoms. The van der Waals surface area contributed by atoms with E-state index in [-0.39, 0.29) is 6.42 Å². The summed E-state index contributed by atoms with van der Waals surface area (Å²) in [5.74, 6) is -3.47. The van der Waals surface area contributed by atoms with E-state index in [1.807, 2.05) is 12.1 Å². The number of aliphatic carboxylic acids is 2. The third-order valence-corrected chi connectivity index (χ3v) is 8.21. The van der Waals surface area contributed by atoms with E-state index in [0.29, 0.717) is 52.1 Å². The largest absolute Gasteiger partial charge is 0.492 e. The molecular weight excluding hydrogens is 748 g/mol. The second kappa shape index (κ2) is 22.2. The summed E-state index contributed by atoms with van der Waals surface area (Å²) in [6.07, 6.45) is 1.36. The Hall–Kier alpha value is -5.44. The number of halogens is 1. The lowest BCUT2D eigenvalue weighted by Crippen LogP contribution is -2.44. The predicted molar refractivity (Wildman–Crippen MR) is 208 cm³/mol. The molecular formula is C41H49ClN2O12. The molecule has 3 aromatic rings. The van der Waals surface area contributed by atoms with Gasteiger partial charge in [-0.15, -0.1) is 0 Å². The number of nitrogens with one attached hydrogen (secondary N) is 1. The van der Waals surface area contributed by atoms with Crippen LogP contribution in [0.2, 0.25) is 5.02 Å². The van der Waals surface area contributed by atoms with Crippen molar-refractivity contribution < 1.29 is 57.9 Å². The summed E-state index contributed by atoms with van der Waals surface area (Å²) in [7, 11) is 2.76. The maximum Gasteiger partial charge on any atom is 0.328 e. The van der Waals surface area contributed by atoms with Gasteiger partial charge in [-0.2, -0.15) is 0 Å². The Kier molecular flexibility index (Phi) is 17.8. The van der Waals surface area contributed by atoms with Gasteiger partial charge in [-0.1, -0.05) is 54.1 Å². The van der Waals surface area contributed by atoms with Crippen LogP contribution in [0.25, 0.3) is 0 Å². The summed E-state index contributed by atoms with van der Waals surface area (Å²) in [6, 6.07) is 20.8. The normalized spacial score (nSPS) is 15.2. The van der Waals surface area contributed by atoms with Gasteiger partial charge in [-0.05, 0) is 83.0 Å². The van der Waals surface area contributed by atoms with E-state index >= 15 is 0 Å². The van der Waals surface area contributed by atoms with E-state index in [1.54, 1.807) is 51.1 Å². The van der Waals surface area contributed by atoms with Gasteiger partial charge in [0.1, 0.15) is 24.4 Å². The molecule has 2 atom stereocenters. The molecule has 15 heteroatoms. The molecule has 1 amide bonds. The highest BCUT2D eigenvalue weighted by molar-refractivity contribution is 6.30. The molecule has 0 aromatic heterocycles. The summed E-state index contributed by atoms with van der Waals surface area (Å²) in [5, 5.41) is 19.5. The van der Waals surface area contributed by atoms with Crippen molar-refractivity contribution in [3.63, 3.8) is 0 Å². The average Bonchev–Trinajstić information content (AvgIpc) is 3.25. The smallest absolute Gasteiger partial charge is 0.328 e. The number of amides is 1. The summed E-state index contributed by atoms with van der Waals surface area (Å²) in [4.78, 5) is 59.8. The molecule has 302 valence electrons. The van der Waals surface area contributed by atoms with Crippen LogP contribution in [0.5, 0.6) is 11.5 Å². The fraction of sp³-hybridized carbons (Fsp3) is 0.390. The minimum atomic E-state index is -1.29. The van der Waals surface area contributed by atoms with Crippen LogP contribution in [0.15, 0.2) is 78.9 Å². The van der Waals surface area contributed by atoms with E-state index in [9.17, 15) is 24.0 Å². The number of aryl methyl sites for hydroxylation is 1. The Morgan fingerprint density at radius 3 is 2.20 bits per heavy atom. The molecule has 0 bridgehead atoms. The fourth-order valence-electron chi connectivity index (χ4n) is 5.63. The van der Waals surface area contributed by atoms with E-state index in [1.165, 1.54) is 24.7 Å². The highest BCUT2D eigenvalue weighted by Gasteiger charge is 2.40. The first-order valence-corrected chi connectivity index (χ1v) is 18.2. The lowest BCUT2D eigenvalue weighted by atomic mass is 9.98. The number of carbonyl (C=O) groups is 5. The lowest BCUT2D eigenvalue weighted by Gasteiger charge is -2.26. The highest BCUT2D eigenvalue weighted by Crippen LogP contribution is 2.45. The maximum absolute atomic E-state index is 14.0. The number of ether oxygens (including phenoxy) is 5. The molecule has 3 N–H and O–H groups in total. The molecule has 14 nitrogen and oxygen atoms in total. The fourth-order valence-corrected chi connectivity index (χ4v) is 5.81. The zero-order chi connectivity index (χ0) is 41.3. The number of rotatable bonds is 17. The number of hydrogen-bond acceptors (Lipinski definition) is 11. The first-order chi connectivity index (χ1) is 26.6. The molecule has 0 saturated heterocycles. The first kappa shape index (κ1) is 45.0. The maximum atomic E-state index is 14.0. The summed E-state index contributed by atoms with van der Waals surface area (Å²) in [5.41, 5.74) is 2.00. The number of carboxylic acid groups (broad SMARTS) is 2. The van der Waals surface area contributed by atoms with Crippen LogP contribution in [0.1, 0.15) is 62.8 Å². The number of hydrogen-bond donors (Lipinski definition) is 3. The predicted octanol–water partition coefficient (Wildman–Crippen LogP) is 5.78. The second-order valence-corrected chi connectivity index (χ2v) is 13.9. The number of methoxy groups -OCH3 is 2. The third-order valence-electron chi connectivity index (χ3n) is 7.97. The molecule has 1 aliphatic rings. The average molecular weight is 797 g/mol. The molecule has 0 fully saturated rings. The van der Waals surface area contributed by atoms with Crippen LogP contribution < -0.4 is 19.7 Å². The van der Waals surface area contributed by atoms with Crippen molar-refractivity contribution in [3.05, 3.63) is 101 Å². The van der Waals surface area contributed by atoms with Crippen LogP contribution in [-0.4, -0.2) is 92.2 Å². The van der Waals surface area contributed by atoms with Crippen molar-refractivity contribution >= 4 is 47.1 Å². The quantitative estimate of drug-likeness (QED) is 0.0849. The van der Waals surface area contributed by atoms with Crippen LogP contribution in [0, 0.1) is 0 Å². The molecule has 0 aliphatic carbocycles. The van der Waals surface area contributed by atoms with Crippen LogP contribution in [0.4, 0.5) is 5.69 Å². The third kappa shape index (κ3) is 14.7. The number of carbonyl (C=O) groups excluding carboxylic acids is 3. The molecule has 1 aliphatic heterocycles. The van der Waals surface area contributed by atoms with Gasteiger partial charge in [0.2, 0.25) is 0 Å². The number of para-hydroxylation sites is 1. The standard InChI is InChI=1S/C37H45ClN2O8.C4H4O4/c1-37(2,3)48-33(42)24-40-29-18-17-26(38)22-28(29)34(47-31(36(40)43)23-32(41)44-4)27-15-9-16-30(35(27)45-5)46-21-11-20-39-19-10-14-25-12-7-6-8-13-25;5-3(6)1-2-4(7)8/h6-9,12-13,15-18,22,31,34,39H,10-11,14,19-21,23-24H2,1-5H3;1-2H,(H,5,6)(H,7,8). The van der Waals surface area contributed by atoms with Crippen molar-refractivity contribution in [2.24, 2.45) is 0 Å². The number of carboxylic acids is 2. The Bertz CT molecular complexity index is 1810. The van der Waals surface area contributed by atoms with Crippen molar-refractivity contribution in [1.29, 1.82) is 0 Å². The minimum Gasteiger partial charge on any atom is -0.492 e. The summed E-state index contributed by atoms with van der Waals surface area (Å²) >= 11 is 6.48. The monoisotopic (exact) mass is 796 g/mol. The Labute approximate surface area is 331 Å². The molecule has 0 spiro atoms. The number of nitrogens with zero attached hydrogens (tertiary/aromatic N) is 1. The first-order valence-electron chi connectivity index (χ1n) is 17.9. The number of anilines is 1. The summed E-state index contributed by atoms with van der Waals surface area (Å²) < 4.78 is 28.9. The van der Waals surface area contributed by atoms with E-state index < -0.39 is 54.1 Å². The van der Waals surface area contributed by atoms with Gasteiger partial charge in [0.05, 0.1) is 32.9 Å². The molecule has 4 rings (SSSR count). The second-order valence-electron chi connectivity index (χ2n) is 13.4. The van der Waals surface area contributed by atoms with Gasteiger partial charge >= 0.3 is 23.9 Å². The zero-order valence-electron chi connectivity index (χ0n) is 32.1. The number of benzene rings is 3. The van der Waals surface area contributed by atoms with Gasteiger partial charge < -0.3 is 39.2 Å².